The first-order valence-corrected chi connectivity index (χ1v) is 6.36. The maximum atomic E-state index is 12.7. The lowest BCUT2D eigenvalue weighted by molar-refractivity contribution is -0.181. The summed E-state index contributed by atoms with van der Waals surface area (Å²) in [7, 11) is 0. The van der Waals surface area contributed by atoms with Crippen LogP contribution in [0, 0.1) is 11.8 Å². The molecule has 0 unspecified atom stereocenters. The molecule has 1 fully saturated rings. The summed E-state index contributed by atoms with van der Waals surface area (Å²) in [5.41, 5.74) is 5.23. The number of nitrogens with two attached hydrogens (primary N) is 1. The monoisotopic (exact) mass is 267 g/mol. The van der Waals surface area contributed by atoms with Crippen molar-refractivity contribution in [1.82, 2.24) is 0 Å². The molecular formula is C12H20F3NO2. The third-order valence-corrected chi connectivity index (χ3v) is 3.48. The first-order chi connectivity index (χ1) is 8.38. The molecule has 0 aromatic carbocycles. The summed E-state index contributed by atoms with van der Waals surface area (Å²) in [5, 5.41) is 0. The van der Waals surface area contributed by atoms with Crippen molar-refractivity contribution >= 4 is 5.97 Å². The van der Waals surface area contributed by atoms with Gasteiger partial charge in [-0.3, -0.25) is 4.79 Å². The van der Waals surface area contributed by atoms with Gasteiger partial charge in [-0.25, -0.2) is 0 Å². The number of rotatable bonds is 4. The maximum Gasteiger partial charge on any atom is 0.404 e. The molecular weight excluding hydrogens is 247 g/mol. The molecule has 106 valence electrons. The first-order valence-electron chi connectivity index (χ1n) is 6.36. The van der Waals surface area contributed by atoms with E-state index in [0.29, 0.717) is 12.8 Å². The Balaban J connectivity index is 2.83. The van der Waals surface area contributed by atoms with Gasteiger partial charge in [0.05, 0.1) is 12.5 Å². The number of carbonyl (C=O) groups excluding carboxylic acids is 1. The Labute approximate surface area is 105 Å². The van der Waals surface area contributed by atoms with Crippen LogP contribution in [-0.2, 0) is 9.53 Å². The van der Waals surface area contributed by atoms with Crippen LogP contribution in [0.4, 0.5) is 13.2 Å². The normalized spacial score (nSPS) is 21.4. The van der Waals surface area contributed by atoms with Crippen molar-refractivity contribution < 1.29 is 22.7 Å². The van der Waals surface area contributed by atoms with Crippen molar-refractivity contribution in [1.29, 1.82) is 0 Å². The summed E-state index contributed by atoms with van der Waals surface area (Å²) in [6, 6.07) is -2.13. The van der Waals surface area contributed by atoms with E-state index in [9.17, 15) is 18.0 Å². The molecule has 3 nitrogen and oxygen atoms in total. The molecule has 1 aliphatic rings. The lowest BCUT2D eigenvalue weighted by Gasteiger charge is -2.33. The van der Waals surface area contributed by atoms with E-state index in [1.807, 2.05) is 0 Å². The Morgan fingerprint density at radius 1 is 1.33 bits per heavy atom. The van der Waals surface area contributed by atoms with Gasteiger partial charge in [-0.1, -0.05) is 19.3 Å². The number of alkyl halides is 3. The predicted molar refractivity (Wildman–Crippen MR) is 60.7 cm³/mol. The van der Waals surface area contributed by atoms with Gasteiger partial charge in [0, 0.05) is 0 Å². The number of hydrogen-bond donors (Lipinski definition) is 1. The highest BCUT2D eigenvalue weighted by atomic mass is 19.4. The summed E-state index contributed by atoms with van der Waals surface area (Å²) in [6.07, 6.45) is -0.612. The number of esters is 1. The van der Waals surface area contributed by atoms with Crippen LogP contribution in [-0.4, -0.2) is 24.8 Å². The van der Waals surface area contributed by atoms with Crippen LogP contribution < -0.4 is 5.73 Å². The highest BCUT2D eigenvalue weighted by Gasteiger charge is 2.48. The van der Waals surface area contributed by atoms with Crippen molar-refractivity contribution in [3.63, 3.8) is 0 Å². The standard InChI is InChI=1S/C12H20F3NO2/c1-2-18-11(17)9(10(16)12(13,14)15)8-6-4-3-5-7-8/h8-10H,2-7,16H2,1H3/t9-,10-/m1/s1. The molecule has 0 amide bonds. The zero-order valence-corrected chi connectivity index (χ0v) is 10.5. The average Bonchev–Trinajstić information content (AvgIpc) is 2.29. The first kappa shape index (κ1) is 15.3. The lowest BCUT2D eigenvalue weighted by Crippen LogP contribution is -2.50. The van der Waals surface area contributed by atoms with Crippen molar-refractivity contribution in [3.05, 3.63) is 0 Å². The Hall–Kier alpha value is -0.780. The fraction of sp³-hybridized carbons (Fsp3) is 0.917. The molecule has 1 rings (SSSR count). The molecule has 0 bridgehead atoms. The molecule has 0 radical (unpaired) electrons. The molecule has 2 atom stereocenters. The van der Waals surface area contributed by atoms with E-state index in [2.05, 4.69) is 0 Å². The third-order valence-electron chi connectivity index (χ3n) is 3.48. The zero-order chi connectivity index (χ0) is 13.8. The van der Waals surface area contributed by atoms with Gasteiger partial charge in [-0.15, -0.1) is 0 Å². The van der Waals surface area contributed by atoms with Crippen LogP contribution in [0.5, 0.6) is 0 Å². The van der Waals surface area contributed by atoms with Crippen LogP contribution in [0.15, 0.2) is 0 Å². The van der Waals surface area contributed by atoms with Gasteiger partial charge >= 0.3 is 12.1 Å². The second kappa shape index (κ2) is 6.41. The number of ether oxygens (including phenoxy) is 1. The topological polar surface area (TPSA) is 52.3 Å². The summed E-state index contributed by atoms with van der Waals surface area (Å²) < 4.78 is 42.9. The Kier molecular flexibility index (Phi) is 5.44. The fourth-order valence-corrected chi connectivity index (χ4v) is 2.57. The maximum absolute atomic E-state index is 12.7. The van der Waals surface area contributed by atoms with Crippen LogP contribution >= 0.6 is 0 Å². The van der Waals surface area contributed by atoms with E-state index in [0.717, 1.165) is 19.3 Å². The van der Waals surface area contributed by atoms with Crippen molar-refractivity contribution in [2.75, 3.05) is 6.61 Å². The van der Waals surface area contributed by atoms with Gasteiger partial charge in [-0.05, 0) is 25.7 Å². The van der Waals surface area contributed by atoms with E-state index >= 15 is 0 Å². The van der Waals surface area contributed by atoms with Crippen LogP contribution in [0.2, 0.25) is 0 Å². The number of halogens is 3. The van der Waals surface area contributed by atoms with Crippen molar-refractivity contribution in [2.45, 2.75) is 51.2 Å². The second-order valence-electron chi connectivity index (χ2n) is 4.74. The lowest BCUT2D eigenvalue weighted by atomic mass is 9.76. The molecule has 0 saturated heterocycles. The largest absolute Gasteiger partial charge is 0.466 e. The van der Waals surface area contributed by atoms with Gasteiger partial charge < -0.3 is 10.5 Å². The minimum Gasteiger partial charge on any atom is -0.466 e. The minimum absolute atomic E-state index is 0.0760. The Morgan fingerprint density at radius 3 is 2.33 bits per heavy atom. The summed E-state index contributed by atoms with van der Waals surface area (Å²) >= 11 is 0. The molecule has 0 spiro atoms. The van der Waals surface area contributed by atoms with Gasteiger partial charge in [-0.2, -0.15) is 13.2 Å². The Morgan fingerprint density at radius 2 is 1.89 bits per heavy atom. The molecule has 6 heteroatoms. The molecule has 0 aliphatic heterocycles. The fourth-order valence-electron chi connectivity index (χ4n) is 2.57. The van der Waals surface area contributed by atoms with E-state index < -0.39 is 24.1 Å². The van der Waals surface area contributed by atoms with Crippen LogP contribution in [0.25, 0.3) is 0 Å². The van der Waals surface area contributed by atoms with Crippen molar-refractivity contribution in [2.24, 2.45) is 17.6 Å². The van der Waals surface area contributed by atoms with E-state index in [1.54, 1.807) is 6.92 Å². The predicted octanol–water partition coefficient (Wildman–Crippen LogP) is 2.64. The summed E-state index contributed by atoms with van der Waals surface area (Å²) in [6.45, 7) is 1.65. The highest BCUT2D eigenvalue weighted by Crippen LogP contribution is 2.36. The van der Waals surface area contributed by atoms with E-state index in [1.165, 1.54) is 0 Å². The SMILES string of the molecule is CCOC(=O)[C@H](C1CCCCC1)[C@@H](N)C(F)(F)F. The van der Waals surface area contributed by atoms with Crippen molar-refractivity contribution in [3.8, 4) is 0 Å². The molecule has 0 aromatic rings. The third kappa shape index (κ3) is 3.86. The van der Waals surface area contributed by atoms with E-state index in [-0.39, 0.29) is 12.5 Å². The summed E-state index contributed by atoms with van der Waals surface area (Å²) in [4.78, 5) is 11.7. The molecule has 0 aromatic heterocycles. The van der Waals surface area contributed by atoms with E-state index in [4.69, 9.17) is 10.5 Å². The quantitative estimate of drug-likeness (QED) is 0.797. The van der Waals surface area contributed by atoms with Crippen LogP contribution in [0.1, 0.15) is 39.0 Å². The smallest absolute Gasteiger partial charge is 0.404 e. The van der Waals surface area contributed by atoms with Gasteiger partial charge in [0.25, 0.3) is 0 Å². The van der Waals surface area contributed by atoms with Crippen LogP contribution in [0.3, 0.4) is 0 Å². The molecule has 1 aliphatic carbocycles. The van der Waals surface area contributed by atoms with Gasteiger partial charge in [0.1, 0.15) is 6.04 Å². The zero-order valence-electron chi connectivity index (χ0n) is 10.5. The number of hydrogen-bond acceptors (Lipinski definition) is 3. The van der Waals surface area contributed by atoms with Gasteiger partial charge in [0.2, 0.25) is 0 Å². The molecule has 0 heterocycles. The minimum atomic E-state index is -4.56. The molecule has 18 heavy (non-hydrogen) atoms. The molecule has 1 saturated carbocycles. The second-order valence-corrected chi connectivity index (χ2v) is 4.74. The number of carbonyl (C=O) groups is 1. The average molecular weight is 267 g/mol. The molecule has 2 N–H and O–H groups in total. The summed E-state index contributed by atoms with van der Waals surface area (Å²) in [5.74, 6) is -2.38. The highest BCUT2D eigenvalue weighted by molar-refractivity contribution is 5.73. The van der Waals surface area contributed by atoms with Gasteiger partial charge in [0.15, 0.2) is 0 Å². The Bertz CT molecular complexity index is 275.